The number of H-pyrrole nitrogens is 2. The van der Waals surface area contributed by atoms with Gasteiger partial charge in [-0.3, -0.25) is 9.78 Å². The highest BCUT2D eigenvalue weighted by Gasteiger charge is 2.21. The summed E-state index contributed by atoms with van der Waals surface area (Å²) in [6, 6.07) is 5.86. The monoisotopic (exact) mass is 312 g/mol. The minimum atomic E-state index is -3.89. The summed E-state index contributed by atoms with van der Waals surface area (Å²) >= 11 is 4.72. The topological polar surface area (TPSA) is 92.0 Å². The largest absolute Gasteiger partial charge is 0.494 e. The molecule has 0 fully saturated rings. The second-order valence-electron chi connectivity index (χ2n) is 3.84. The molecule has 0 bridgehead atoms. The molecule has 106 valence electrons. The molecule has 2 aromatic rings. The molecule has 1 aromatic carbocycles. The smallest absolute Gasteiger partial charge is 0.270 e. The fourth-order valence-corrected chi connectivity index (χ4v) is 3.01. The Morgan fingerprint density at radius 2 is 1.90 bits per heavy atom. The van der Waals surface area contributed by atoms with Crippen molar-refractivity contribution in [1.29, 1.82) is 0 Å². The first-order valence-electron chi connectivity index (χ1n) is 5.75. The molecule has 0 aliphatic heterocycles. The molecule has 1 heterocycles. The predicted octanol–water partition coefficient (Wildman–Crippen LogP) is 1.66. The van der Waals surface area contributed by atoms with Crippen molar-refractivity contribution in [2.24, 2.45) is 0 Å². The molecule has 8 heteroatoms. The van der Waals surface area contributed by atoms with Crippen LogP contribution >= 0.6 is 12.2 Å². The molecule has 0 unspecified atom stereocenters. The summed E-state index contributed by atoms with van der Waals surface area (Å²) in [7, 11) is -3.89. The fraction of sp³-hybridized carbons (Fsp3) is 0.167. The zero-order chi connectivity index (χ0) is 14.8. The van der Waals surface area contributed by atoms with Crippen LogP contribution in [0.25, 0.3) is 0 Å². The lowest BCUT2D eigenvalue weighted by Gasteiger charge is -2.06. The van der Waals surface area contributed by atoms with Crippen LogP contribution in [0.15, 0.2) is 45.0 Å². The maximum Gasteiger partial charge on any atom is 0.270 e. The molecular weight excluding hydrogens is 300 g/mol. The lowest BCUT2D eigenvalue weighted by Crippen LogP contribution is -2.18. The molecule has 2 rings (SSSR count). The number of aromatic amines is 2. The number of nitrogens with one attached hydrogen (secondary N) is 2. The van der Waals surface area contributed by atoms with Gasteiger partial charge in [-0.05, 0) is 43.4 Å². The van der Waals surface area contributed by atoms with Crippen molar-refractivity contribution in [3.63, 3.8) is 0 Å². The zero-order valence-corrected chi connectivity index (χ0v) is 12.2. The van der Waals surface area contributed by atoms with Crippen LogP contribution in [0.4, 0.5) is 0 Å². The number of sulfone groups is 1. The maximum atomic E-state index is 12.3. The molecule has 0 aliphatic carbocycles. The van der Waals surface area contributed by atoms with E-state index in [0.717, 1.165) is 6.20 Å². The normalized spacial score (nSPS) is 11.2. The summed E-state index contributed by atoms with van der Waals surface area (Å²) in [5, 5.41) is 0. The number of aromatic nitrogens is 2. The van der Waals surface area contributed by atoms with E-state index in [4.69, 9.17) is 17.0 Å². The van der Waals surface area contributed by atoms with Gasteiger partial charge in [-0.15, -0.1) is 0 Å². The van der Waals surface area contributed by atoms with Gasteiger partial charge in [0.05, 0.1) is 11.5 Å². The van der Waals surface area contributed by atoms with Crippen LogP contribution in [0.3, 0.4) is 0 Å². The quantitative estimate of drug-likeness (QED) is 0.838. The van der Waals surface area contributed by atoms with Gasteiger partial charge in [-0.25, -0.2) is 8.42 Å². The lowest BCUT2D eigenvalue weighted by atomic mass is 10.3. The number of ether oxygens (including phenoxy) is 1. The van der Waals surface area contributed by atoms with Crippen LogP contribution < -0.4 is 10.3 Å². The first kappa shape index (κ1) is 14.5. The Morgan fingerprint density at radius 1 is 1.25 bits per heavy atom. The van der Waals surface area contributed by atoms with Crippen LogP contribution in [0.2, 0.25) is 0 Å². The highest BCUT2D eigenvalue weighted by Crippen LogP contribution is 2.20. The highest BCUT2D eigenvalue weighted by atomic mass is 32.2. The van der Waals surface area contributed by atoms with Crippen LogP contribution in [-0.4, -0.2) is 25.0 Å². The second-order valence-corrected chi connectivity index (χ2v) is 6.17. The van der Waals surface area contributed by atoms with E-state index >= 15 is 0 Å². The van der Waals surface area contributed by atoms with Gasteiger partial charge in [0, 0.05) is 6.20 Å². The molecule has 0 aliphatic rings. The first-order chi connectivity index (χ1) is 9.45. The first-order valence-corrected chi connectivity index (χ1v) is 7.64. The Labute approximate surface area is 120 Å². The van der Waals surface area contributed by atoms with Gasteiger partial charge >= 0.3 is 0 Å². The third-order valence-electron chi connectivity index (χ3n) is 2.52. The summed E-state index contributed by atoms with van der Waals surface area (Å²) in [6.45, 7) is 2.32. The molecule has 20 heavy (non-hydrogen) atoms. The molecule has 6 nitrogen and oxygen atoms in total. The molecule has 0 spiro atoms. The number of hydrogen-bond donors (Lipinski definition) is 2. The van der Waals surface area contributed by atoms with Crippen LogP contribution in [0, 0.1) is 4.77 Å². The molecule has 2 N–H and O–H groups in total. The molecular formula is C12H12N2O4S2. The molecule has 0 atom stereocenters. The van der Waals surface area contributed by atoms with Gasteiger partial charge < -0.3 is 9.72 Å². The average molecular weight is 312 g/mol. The molecule has 0 saturated heterocycles. The minimum Gasteiger partial charge on any atom is -0.494 e. The van der Waals surface area contributed by atoms with Crippen molar-refractivity contribution < 1.29 is 13.2 Å². The maximum absolute atomic E-state index is 12.3. The van der Waals surface area contributed by atoms with Gasteiger partial charge in [-0.1, -0.05) is 0 Å². The van der Waals surface area contributed by atoms with Crippen LogP contribution in [0.1, 0.15) is 6.92 Å². The van der Waals surface area contributed by atoms with Crippen molar-refractivity contribution >= 4 is 22.1 Å². The lowest BCUT2D eigenvalue weighted by molar-refractivity contribution is 0.340. The number of hydrogen-bond acceptors (Lipinski definition) is 5. The Morgan fingerprint density at radius 3 is 2.45 bits per heavy atom. The summed E-state index contributed by atoms with van der Waals surface area (Å²) < 4.78 is 29.9. The Hall–Kier alpha value is -1.93. The van der Waals surface area contributed by atoms with Crippen LogP contribution in [0.5, 0.6) is 5.75 Å². The van der Waals surface area contributed by atoms with E-state index in [1.807, 2.05) is 6.92 Å². The Bertz CT molecular complexity index is 820. The molecule has 1 aromatic heterocycles. The molecule has 0 amide bonds. The van der Waals surface area contributed by atoms with Crippen molar-refractivity contribution in [2.45, 2.75) is 16.7 Å². The SMILES string of the molecule is CCOc1ccc(S(=O)(=O)c2c[nH]c(=S)[nH]c2=O)cc1. The van der Waals surface area contributed by atoms with E-state index in [9.17, 15) is 13.2 Å². The van der Waals surface area contributed by atoms with Crippen LogP contribution in [-0.2, 0) is 9.84 Å². The van der Waals surface area contributed by atoms with E-state index in [2.05, 4.69) is 9.97 Å². The van der Waals surface area contributed by atoms with Crippen molar-refractivity contribution in [1.82, 2.24) is 9.97 Å². The van der Waals surface area contributed by atoms with E-state index in [1.54, 1.807) is 0 Å². The summed E-state index contributed by atoms with van der Waals surface area (Å²) in [6.07, 6.45) is 1.09. The Kier molecular flexibility index (Phi) is 4.05. The summed E-state index contributed by atoms with van der Waals surface area (Å²) in [4.78, 5) is 16.1. The van der Waals surface area contributed by atoms with E-state index < -0.39 is 15.4 Å². The van der Waals surface area contributed by atoms with Gasteiger partial charge in [-0.2, -0.15) is 0 Å². The number of rotatable bonds is 4. The summed E-state index contributed by atoms with van der Waals surface area (Å²) in [5.74, 6) is 0.563. The third kappa shape index (κ3) is 2.81. The number of benzene rings is 1. The minimum absolute atomic E-state index is 0.0111. The fourth-order valence-electron chi connectivity index (χ4n) is 1.61. The second kappa shape index (κ2) is 5.59. The predicted molar refractivity (Wildman–Crippen MR) is 75.3 cm³/mol. The summed E-state index contributed by atoms with van der Waals surface area (Å²) in [5.41, 5.74) is -0.748. The van der Waals surface area contributed by atoms with E-state index in [-0.39, 0.29) is 14.6 Å². The Balaban J connectivity index is 2.49. The molecule has 0 saturated carbocycles. The van der Waals surface area contributed by atoms with E-state index in [1.165, 1.54) is 24.3 Å². The van der Waals surface area contributed by atoms with Crippen molar-refractivity contribution in [3.8, 4) is 5.75 Å². The standard InChI is InChI=1S/C12H12N2O4S2/c1-2-18-8-3-5-9(6-4-8)20(16,17)10-7-13-12(19)14-11(10)15/h3-7H,2H2,1H3,(H2,13,14,15,19). The van der Waals surface area contributed by atoms with Gasteiger partial charge in [0.25, 0.3) is 5.56 Å². The molecule has 0 radical (unpaired) electrons. The van der Waals surface area contributed by atoms with Gasteiger partial charge in [0.2, 0.25) is 9.84 Å². The highest BCUT2D eigenvalue weighted by molar-refractivity contribution is 7.91. The van der Waals surface area contributed by atoms with Gasteiger partial charge in [0.1, 0.15) is 5.75 Å². The van der Waals surface area contributed by atoms with Crippen molar-refractivity contribution in [3.05, 3.63) is 45.6 Å². The third-order valence-corrected chi connectivity index (χ3v) is 4.51. The average Bonchev–Trinajstić information content (AvgIpc) is 2.39. The van der Waals surface area contributed by atoms with E-state index in [0.29, 0.717) is 12.4 Å². The van der Waals surface area contributed by atoms with Gasteiger partial charge in [0.15, 0.2) is 9.67 Å². The zero-order valence-electron chi connectivity index (χ0n) is 10.5. The van der Waals surface area contributed by atoms with Crippen molar-refractivity contribution in [2.75, 3.05) is 6.61 Å².